The molecule has 1 saturated carbocycles. The molecule has 0 bridgehead atoms. The Balaban J connectivity index is 1.44. The number of nitrogens with one attached hydrogen (secondary N) is 1. The molecular weight excluding hydrogens is 324 g/mol. The van der Waals surface area contributed by atoms with Gasteiger partial charge in [-0.3, -0.25) is 9.59 Å². The number of rotatable bonds is 5. The van der Waals surface area contributed by atoms with E-state index in [1.165, 1.54) is 12.8 Å². The van der Waals surface area contributed by atoms with E-state index in [-0.39, 0.29) is 11.8 Å². The molecule has 3 rings (SSSR count). The van der Waals surface area contributed by atoms with Gasteiger partial charge in [-0.25, -0.2) is 0 Å². The minimum atomic E-state index is 0.0112. The van der Waals surface area contributed by atoms with E-state index in [0.717, 1.165) is 36.4 Å². The van der Waals surface area contributed by atoms with Crippen LogP contribution < -0.4 is 5.32 Å². The lowest BCUT2D eigenvalue weighted by Gasteiger charge is -2.18. The Morgan fingerprint density at radius 3 is 2.62 bits per heavy atom. The lowest BCUT2D eigenvalue weighted by Crippen LogP contribution is -2.34. The Morgan fingerprint density at radius 2 is 1.88 bits per heavy atom. The van der Waals surface area contributed by atoms with Crippen molar-refractivity contribution in [2.24, 2.45) is 0 Å². The molecule has 1 aromatic carbocycles. The highest BCUT2D eigenvalue weighted by Gasteiger charge is 2.28. The topological polar surface area (TPSA) is 49.4 Å². The van der Waals surface area contributed by atoms with Crippen molar-refractivity contribution in [3.63, 3.8) is 0 Å². The molecule has 1 aliphatic heterocycles. The molecule has 0 aromatic heterocycles. The first-order chi connectivity index (χ1) is 11.6. The zero-order chi connectivity index (χ0) is 16.9. The molecule has 2 fully saturated rings. The smallest absolute Gasteiger partial charge is 0.223 e. The average Bonchev–Trinajstić information content (AvgIpc) is 3.25. The summed E-state index contributed by atoms with van der Waals surface area (Å²) in [4.78, 5) is 26.2. The maximum absolute atomic E-state index is 12.4. The number of halogens is 1. The highest BCUT2D eigenvalue weighted by molar-refractivity contribution is 6.31. The van der Waals surface area contributed by atoms with Crippen LogP contribution in [0.5, 0.6) is 0 Å². The molecule has 130 valence electrons. The third kappa shape index (κ3) is 4.29. The molecule has 2 aliphatic rings. The van der Waals surface area contributed by atoms with E-state index in [1.807, 2.05) is 29.2 Å². The lowest BCUT2D eigenvalue weighted by atomic mass is 9.98. The van der Waals surface area contributed by atoms with Crippen LogP contribution in [-0.4, -0.2) is 35.8 Å². The van der Waals surface area contributed by atoms with Crippen molar-refractivity contribution in [1.82, 2.24) is 10.2 Å². The van der Waals surface area contributed by atoms with E-state index < -0.39 is 0 Å². The third-order valence-corrected chi connectivity index (χ3v) is 5.52. The van der Waals surface area contributed by atoms with Crippen LogP contribution in [0.25, 0.3) is 0 Å². The quantitative estimate of drug-likeness (QED) is 0.885. The highest BCUT2D eigenvalue weighted by atomic mass is 35.5. The van der Waals surface area contributed by atoms with Gasteiger partial charge in [0.2, 0.25) is 11.8 Å². The fourth-order valence-corrected chi connectivity index (χ4v) is 4.09. The van der Waals surface area contributed by atoms with Gasteiger partial charge in [-0.1, -0.05) is 42.6 Å². The van der Waals surface area contributed by atoms with Crippen molar-refractivity contribution < 1.29 is 9.59 Å². The van der Waals surface area contributed by atoms with Gasteiger partial charge < -0.3 is 10.2 Å². The third-order valence-electron chi connectivity index (χ3n) is 5.17. The summed E-state index contributed by atoms with van der Waals surface area (Å²) >= 11 is 6.26. The van der Waals surface area contributed by atoms with Crippen LogP contribution in [0.3, 0.4) is 0 Å². The van der Waals surface area contributed by atoms with E-state index in [4.69, 9.17) is 11.6 Å². The number of likely N-dealkylation sites (tertiary alicyclic amines) is 1. The number of amides is 2. The zero-order valence-electron chi connectivity index (χ0n) is 14.0. The van der Waals surface area contributed by atoms with Crippen molar-refractivity contribution in [1.29, 1.82) is 0 Å². The monoisotopic (exact) mass is 348 g/mol. The number of carbonyl (C=O) groups is 2. The number of benzene rings is 1. The maximum Gasteiger partial charge on any atom is 0.223 e. The van der Waals surface area contributed by atoms with E-state index in [0.29, 0.717) is 31.3 Å². The van der Waals surface area contributed by atoms with Crippen molar-refractivity contribution in [3.8, 4) is 0 Å². The van der Waals surface area contributed by atoms with Crippen LogP contribution in [0.15, 0.2) is 24.3 Å². The number of hydrogen-bond donors (Lipinski definition) is 1. The molecule has 1 atom stereocenters. The van der Waals surface area contributed by atoms with E-state index in [1.54, 1.807) is 0 Å². The minimum Gasteiger partial charge on any atom is -0.353 e. The first-order valence-corrected chi connectivity index (χ1v) is 9.33. The predicted molar refractivity (Wildman–Crippen MR) is 95.0 cm³/mol. The Morgan fingerprint density at radius 1 is 1.12 bits per heavy atom. The van der Waals surface area contributed by atoms with Gasteiger partial charge in [-0.05, 0) is 30.9 Å². The Kier molecular flexibility index (Phi) is 5.77. The fraction of sp³-hybridized carbons (Fsp3) is 0.579. The molecule has 1 N–H and O–H groups in total. The van der Waals surface area contributed by atoms with Crippen molar-refractivity contribution in [2.45, 2.75) is 56.9 Å². The first kappa shape index (κ1) is 17.3. The fourth-order valence-electron chi connectivity index (χ4n) is 3.80. The molecule has 5 heteroatoms. The van der Waals surface area contributed by atoms with Crippen LogP contribution >= 0.6 is 11.6 Å². The Labute approximate surface area is 148 Å². The van der Waals surface area contributed by atoms with E-state index in [9.17, 15) is 9.59 Å². The molecule has 1 heterocycles. The summed E-state index contributed by atoms with van der Waals surface area (Å²) < 4.78 is 0. The molecule has 0 radical (unpaired) electrons. The van der Waals surface area contributed by atoms with Gasteiger partial charge in [0.1, 0.15) is 0 Å². The normalized spacial score (nSPS) is 21.2. The highest BCUT2D eigenvalue weighted by Crippen LogP contribution is 2.32. The molecule has 0 unspecified atom stereocenters. The first-order valence-electron chi connectivity index (χ1n) is 8.95. The molecular formula is C19H25ClN2O2. The van der Waals surface area contributed by atoms with Crippen LogP contribution in [-0.2, 0) is 9.59 Å². The van der Waals surface area contributed by atoms with Gasteiger partial charge in [0.05, 0.1) is 0 Å². The van der Waals surface area contributed by atoms with E-state index in [2.05, 4.69) is 5.32 Å². The minimum absolute atomic E-state index is 0.0112. The SMILES string of the molecule is O=C(CCC(=O)N1CC[C@H](c2ccccc2Cl)C1)NC1CCCC1. The van der Waals surface area contributed by atoms with Gasteiger partial charge in [0, 0.05) is 42.9 Å². The molecule has 1 aromatic rings. The summed E-state index contributed by atoms with van der Waals surface area (Å²) in [6, 6.07) is 8.17. The zero-order valence-corrected chi connectivity index (χ0v) is 14.7. The van der Waals surface area contributed by atoms with Gasteiger partial charge >= 0.3 is 0 Å². The second-order valence-electron chi connectivity index (χ2n) is 6.90. The summed E-state index contributed by atoms with van der Waals surface area (Å²) in [5, 5.41) is 3.81. The second-order valence-corrected chi connectivity index (χ2v) is 7.30. The number of carbonyl (C=O) groups excluding carboxylic acids is 2. The van der Waals surface area contributed by atoms with Gasteiger partial charge in [-0.15, -0.1) is 0 Å². The largest absolute Gasteiger partial charge is 0.353 e. The molecule has 1 saturated heterocycles. The lowest BCUT2D eigenvalue weighted by molar-refractivity contribution is -0.132. The summed E-state index contributed by atoms with van der Waals surface area (Å²) in [5.74, 6) is 0.387. The van der Waals surface area contributed by atoms with Gasteiger partial charge in [0.25, 0.3) is 0 Å². The summed E-state index contributed by atoms with van der Waals surface area (Å²) in [6.07, 6.45) is 6.07. The molecule has 2 amide bonds. The molecule has 0 spiro atoms. The summed E-state index contributed by atoms with van der Waals surface area (Å²) in [7, 11) is 0. The Bertz CT molecular complexity index is 599. The van der Waals surface area contributed by atoms with Crippen molar-refractivity contribution in [2.75, 3.05) is 13.1 Å². The van der Waals surface area contributed by atoms with Gasteiger partial charge in [-0.2, -0.15) is 0 Å². The molecule has 24 heavy (non-hydrogen) atoms. The number of hydrogen-bond acceptors (Lipinski definition) is 2. The van der Waals surface area contributed by atoms with Crippen molar-refractivity contribution in [3.05, 3.63) is 34.9 Å². The van der Waals surface area contributed by atoms with Crippen molar-refractivity contribution >= 4 is 23.4 Å². The summed E-state index contributed by atoms with van der Waals surface area (Å²) in [5.41, 5.74) is 1.12. The van der Waals surface area contributed by atoms with Gasteiger partial charge in [0.15, 0.2) is 0 Å². The standard InChI is InChI=1S/C19H25ClN2O2/c20-17-8-4-3-7-16(17)14-11-12-22(13-14)19(24)10-9-18(23)21-15-5-1-2-6-15/h3-4,7-8,14-15H,1-2,5-6,9-13H2,(H,21,23)/t14-/m0/s1. The second kappa shape index (κ2) is 8.02. The molecule has 1 aliphatic carbocycles. The predicted octanol–water partition coefficient (Wildman–Crippen LogP) is 3.49. The average molecular weight is 349 g/mol. The van der Waals surface area contributed by atoms with Crippen LogP contribution in [0.1, 0.15) is 56.4 Å². The molecule has 4 nitrogen and oxygen atoms in total. The number of nitrogens with zero attached hydrogens (tertiary/aromatic N) is 1. The van der Waals surface area contributed by atoms with Crippen LogP contribution in [0.2, 0.25) is 5.02 Å². The maximum atomic E-state index is 12.4. The van der Waals surface area contributed by atoms with Crippen LogP contribution in [0.4, 0.5) is 0 Å². The summed E-state index contributed by atoms with van der Waals surface area (Å²) in [6.45, 7) is 1.45. The van der Waals surface area contributed by atoms with E-state index >= 15 is 0 Å². The van der Waals surface area contributed by atoms with Crippen LogP contribution in [0, 0.1) is 0 Å². The Hall–Kier alpha value is -1.55.